The van der Waals surface area contributed by atoms with Gasteiger partial charge in [0.15, 0.2) is 0 Å². The fraction of sp³-hybridized carbons (Fsp3) is 0.407. The van der Waals surface area contributed by atoms with E-state index in [4.69, 9.17) is 14.6 Å². The maximum absolute atomic E-state index is 13.6. The summed E-state index contributed by atoms with van der Waals surface area (Å²) in [4.78, 5) is 14.9. The molecule has 0 spiro atoms. The van der Waals surface area contributed by atoms with Crippen LogP contribution in [0.4, 0.5) is 9.18 Å². The second-order valence-corrected chi connectivity index (χ2v) is 8.63. The Kier molecular flexibility index (Phi) is 8.36. The van der Waals surface area contributed by atoms with E-state index in [1.807, 2.05) is 44.2 Å². The van der Waals surface area contributed by atoms with Crippen LogP contribution >= 0.6 is 0 Å². The second kappa shape index (κ2) is 11.8. The molecule has 4 rings (SSSR count). The zero-order valence-electron chi connectivity index (χ0n) is 20.4. The topological polar surface area (TPSA) is 68.6 Å². The Bertz CT molecular complexity index is 1100. The van der Waals surface area contributed by atoms with Crippen molar-refractivity contribution in [3.05, 3.63) is 71.7 Å². The lowest BCUT2D eigenvalue weighted by molar-refractivity contribution is 0.0793. The number of carbonyl (C=O) groups excluding carboxylic acids is 1. The van der Waals surface area contributed by atoms with Crippen molar-refractivity contribution < 1.29 is 18.7 Å². The molecule has 1 saturated heterocycles. The van der Waals surface area contributed by atoms with E-state index in [0.717, 1.165) is 37.1 Å². The molecule has 0 unspecified atom stereocenters. The van der Waals surface area contributed by atoms with Crippen molar-refractivity contribution in [2.24, 2.45) is 0 Å². The quantitative estimate of drug-likeness (QED) is 0.418. The molecule has 2 amide bonds. The molecular formula is C27H33FN4O3. The highest BCUT2D eigenvalue weighted by molar-refractivity contribution is 5.74. The number of ether oxygens (including phenoxy) is 2. The standard InChI is InChI=1S/C27H33FN4O3/c1-3-16-29-27(33)31(18-23-11-8-17-34-23)19-24-25(4-2)30-32(21-14-12-20(28)13-15-21)26(24)35-22-9-6-5-7-10-22/h5-7,9-10,12-15,23H,3-4,8,11,16-19H2,1-2H3,(H,29,33)/t23-/m0/s1. The van der Waals surface area contributed by atoms with Crippen molar-refractivity contribution in [1.82, 2.24) is 20.0 Å². The molecule has 2 aromatic carbocycles. The van der Waals surface area contributed by atoms with E-state index < -0.39 is 0 Å². The first-order valence-electron chi connectivity index (χ1n) is 12.3. The second-order valence-electron chi connectivity index (χ2n) is 8.63. The summed E-state index contributed by atoms with van der Waals surface area (Å²) in [7, 11) is 0. The number of hydrogen-bond donors (Lipinski definition) is 1. The molecule has 7 nitrogen and oxygen atoms in total. The summed E-state index contributed by atoms with van der Waals surface area (Å²) in [5.74, 6) is 0.846. The lowest BCUT2D eigenvalue weighted by atomic mass is 10.1. The highest BCUT2D eigenvalue weighted by atomic mass is 19.1. The fourth-order valence-electron chi connectivity index (χ4n) is 4.17. The number of urea groups is 1. The van der Waals surface area contributed by atoms with Crippen molar-refractivity contribution in [2.45, 2.75) is 52.2 Å². The van der Waals surface area contributed by atoms with E-state index >= 15 is 0 Å². The molecule has 1 N–H and O–H groups in total. The maximum atomic E-state index is 13.6. The van der Waals surface area contributed by atoms with Crippen molar-refractivity contribution in [2.75, 3.05) is 19.7 Å². The number of hydrogen-bond acceptors (Lipinski definition) is 4. The third-order valence-electron chi connectivity index (χ3n) is 5.99. The summed E-state index contributed by atoms with van der Waals surface area (Å²) < 4.78 is 27.5. The van der Waals surface area contributed by atoms with Gasteiger partial charge in [-0.1, -0.05) is 32.0 Å². The molecule has 8 heteroatoms. The Hall–Kier alpha value is -3.39. The van der Waals surface area contributed by atoms with Crippen molar-refractivity contribution in [3.8, 4) is 17.3 Å². The van der Waals surface area contributed by atoms with Crippen LogP contribution in [-0.2, 0) is 17.7 Å². The van der Waals surface area contributed by atoms with Crippen molar-refractivity contribution >= 4 is 6.03 Å². The van der Waals surface area contributed by atoms with Gasteiger partial charge in [-0.3, -0.25) is 0 Å². The number of aromatic nitrogens is 2. The number of halogens is 1. The van der Waals surface area contributed by atoms with Crippen LogP contribution in [0, 0.1) is 5.82 Å². The molecule has 186 valence electrons. The lowest BCUT2D eigenvalue weighted by Gasteiger charge is -2.26. The van der Waals surface area contributed by atoms with E-state index in [2.05, 4.69) is 5.32 Å². The normalized spacial score (nSPS) is 15.2. The fourth-order valence-corrected chi connectivity index (χ4v) is 4.17. The Morgan fingerprint density at radius 1 is 1.20 bits per heavy atom. The minimum absolute atomic E-state index is 0.0121. The van der Waals surface area contributed by atoms with Crippen molar-refractivity contribution in [3.63, 3.8) is 0 Å². The van der Waals surface area contributed by atoms with Gasteiger partial charge in [0.1, 0.15) is 11.6 Å². The smallest absolute Gasteiger partial charge is 0.317 e. The summed E-state index contributed by atoms with van der Waals surface area (Å²) >= 11 is 0. The first-order chi connectivity index (χ1) is 17.1. The van der Waals surface area contributed by atoms with E-state index in [0.29, 0.717) is 43.4 Å². The van der Waals surface area contributed by atoms with Gasteiger partial charge >= 0.3 is 6.03 Å². The molecule has 1 fully saturated rings. The van der Waals surface area contributed by atoms with Crippen LogP contribution in [0.3, 0.4) is 0 Å². The summed E-state index contributed by atoms with van der Waals surface area (Å²) in [5.41, 5.74) is 2.32. The number of aryl methyl sites for hydroxylation is 1. The molecule has 0 radical (unpaired) electrons. The maximum Gasteiger partial charge on any atom is 0.317 e. The molecule has 0 saturated carbocycles. The van der Waals surface area contributed by atoms with E-state index in [9.17, 15) is 9.18 Å². The largest absolute Gasteiger partial charge is 0.439 e. The summed E-state index contributed by atoms with van der Waals surface area (Å²) in [6.07, 6.45) is 3.45. The monoisotopic (exact) mass is 480 g/mol. The van der Waals surface area contributed by atoms with Crippen LogP contribution in [0.2, 0.25) is 0 Å². The number of para-hydroxylation sites is 1. The first kappa shape index (κ1) is 24.7. The molecule has 1 atom stereocenters. The van der Waals surface area contributed by atoms with Crippen LogP contribution in [-0.4, -0.2) is 46.5 Å². The average molecular weight is 481 g/mol. The van der Waals surface area contributed by atoms with Crippen LogP contribution in [0.25, 0.3) is 5.69 Å². The number of nitrogens with one attached hydrogen (secondary N) is 1. The number of nitrogens with zero attached hydrogens (tertiary/aromatic N) is 3. The zero-order chi connectivity index (χ0) is 24.6. The third kappa shape index (κ3) is 6.19. The van der Waals surface area contributed by atoms with E-state index in [-0.39, 0.29) is 18.0 Å². The van der Waals surface area contributed by atoms with Gasteiger partial charge in [-0.25, -0.2) is 13.9 Å². The Morgan fingerprint density at radius 3 is 2.63 bits per heavy atom. The SMILES string of the molecule is CCCNC(=O)N(Cc1c(CC)nn(-c2ccc(F)cc2)c1Oc1ccccc1)C[C@@H]1CCCO1. The van der Waals surface area contributed by atoms with Crippen molar-refractivity contribution in [1.29, 1.82) is 0 Å². The Balaban J connectivity index is 1.73. The van der Waals surface area contributed by atoms with Crippen LogP contribution in [0.15, 0.2) is 54.6 Å². The van der Waals surface area contributed by atoms with Gasteiger partial charge < -0.3 is 19.7 Å². The molecule has 3 aromatic rings. The van der Waals surface area contributed by atoms with Gasteiger partial charge in [-0.2, -0.15) is 5.10 Å². The molecule has 1 aliphatic heterocycles. The highest BCUT2D eigenvalue weighted by Gasteiger charge is 2.27. The average Bonchev–Trinajstić information content (AvgIpc) is 3.51. The van der Waals surface area contributed by atoms with E-state index in [1.165, 1.54) is 12.1 Å². The van der Waals surface area contributed by atoms with Crippen LogP contribution in [0.1, 0.15) is 44.4 Å². The summed E-state index contributed by atoms with van der Waals surface area (Å²) in [6.45, 7) is 6.18. The van der Waals surface area contributed by atoms with Gasteiger partial charge in [0.25, 0.3) is 0 Å². The summed E-state index contributed by atoms with van der Waals surface area (Å²) in [6, 6.07) is 15.5. The molecule has 35 heavy (non-hydrogen) atoms. The van der Waals surface area contributed by atoms with E-state index in [1.54, 1.807) is 21.7 Å². The van der Waals surface area contributed by atoms with Gasteiger partial charge in [0.05, 0.1) is 29.6 Å². The van der Waals surface area contributed by atoms with Gasteiger partial charge in [-0.15, -0.1) is 0 Å². The first-order valence-corrected chi connectivity index (χ1v) is 12.3. The number of carbonyl (C=O) groups is 1. The predicted molar refractivity (Wildman–Crippen MR) is 132 cm³/mol. The molecular weight excluding hydrogens is 447 g/mol. The molecule has 2 heterocycles. The van der Waals surface area contributed by atoms with Gasteiger partial charge in [0, 0.05) is 19.7 Å². The summed E-state index contributed by atoms with van der Waals surface area (Å²) in [5, 5.41) is 7.81. The van der Waals surface area contributed by atoms with Gasteiger partial charge in [-0.05, 0) is 62.1 Å². The third-order valence-corrected chi connectivity index (χ3v) is 5.99. The number of benzene rings is 2. The highest BCUT2D eigenvalue weighted by Crippen LogP contribution is 2.32. The van der Waals surface area contributed by atoms with Crippen LogP contribution in [0.5, 0.6) is 11.6 Å². The minimum atomic E-state index is -0.322. The number of rotatable bonds is 10. The molecule has 0 aliphatic carbocycles. The zero-order valence-corrected chi connectivity index (χ0v) is 20.4. The van der Waals surface area contributed by atoms with Crippen LogP contribution < -0.4 is 10.1 Å². The lowest BCUT2D eigenvalue weighted by Crippen LogP contribution is -2.43. The molecule has 1 aliphatic rings. The van der Waals surface area contributed by atoms with Gasteiger partial charge in [0.2, 0.25) is 5.88 Å². The minimum Gasteiger partial charge on any atom is -0.439 e. The number of amides is 2. The Labute approximate surface area is 205 Å². The predicted octanol–water partition coefficient (Wildman–Crippen LogP) is 5.47. The molecule has 1 aromatic heterocycles. The Morgan fingerprint density at radius 2 is 1.97 bits per heavy atom. The molecule has 0 bridgehead atoms.